The Hall–Kier alpha value is -6.29. The minimum absolute atomic E-state index is 0.136. The average Bonchev–Trinajstić information content (AvgIpc) is 3.61. The lowest BCUT2D eigenvalue weighted by Gasteiger charge is -2.34. The summed E-state index contributed by atoms with van der Waals surface area (Å²) in [5, 5.41) is 0. The lowest BCUT2D eigenvalue weighted by molar-refractivity contribution is 0.0299. The smallest absolute Gasteiger partial charge is 0.323 e. The van der Waals surface area contributed by atoms with Gasteiger partial charge in [0.25, 0.3) is 0 Å². The molecule has 4 N–H and O–H groups in total. The first-order valence-electron chi connectivity index (χ1n) is 20.8. The number of ether oxygens (including phenoxy) is 1. The highest BCUT2D eigenvalue weighted by atomic mass is 16.5. The monoisotopic (exact) mass is 808 g/mol. The van der Waals surface area contributed by atoms with Crippen molar-refractivity contribution >= 4 is 52.1 Å². The summed E-state index contributed by atoms with van der Waals surface area (Å²) >= 11 is 0. The van der Waals surface area contributed by atoms with Gasteiger partial charge in [-0.25, -0.2) is 14.6 Å². The number of hydrogen-bond donors (Lipinski definition) is 2. The molecular weight excluding hydrogens is 757 g/mol. The Morgan fingerprint density at radius 2 is 0.867 bits per heavy atom. The Kier molecular flexibility index (Phi) is 10.9. The van der Waals surface area contributed by atoms with E-state index in [0.717, 1.165) is 87.7 Å². The quantitative estimate of drug-likeness (QED) is 0.194. The summed E-state index contributed by atoms with van der Waals surface area (Å²) in [5.41, 5.74) is 18.3. The van der Waals surface area contributed by atoms with E-state index in [1.54, 1.807) is 0 Å². The van der Waals surface area contributed by atoms with Crippen LogP contribution in [-0.2, 0) is 4.74 Å². The standard InChI is InChI=1S/C45H52N12O3/c1-51-21-25-53(26-22-51)33-11-15-37(16-12-33)56(43(46)58)35-7-3-31(4-8-35)41-48-42(50-45(49-41)55-29-39-19-20-40(30-55)60-39)32-5-9-36(10-6-32)57(44(47)59)38-17-13-34(14-18-38)54-27-23-52(2)24-28-54/h3-18,39-40H,19-30H2,1-2H3,(H2,46,58)(H2,47,59). The number of nitrogens with zero attached hydrogens (tertiary/aromatic N) is 10. The molecule has 2 unspecified atom stereocenters. The molecule has 4 saturated heterocycles. The predicted octanol–water partition coefficient (Wildman–Crippen LogP) is 5.51. The number of hydrogen-bond acceptors (Lipinski definition) is 11. The fourth-order valence-corrected chi connectivity index (χ4v) is 8.62. The minimum atomic E-state index is -0.581. The van der Waals surface area contributed by atoms with Crippen molar-refractivity contribution < 1.29 is 14.3 Å². The summed E-state index contributed by atoms with van der Waals surface area (Å²) in [6.45, 7) is 9.24. The van der Waals surface area contributed by atoms with Crippen molar-refractivity contribution in [3.8, 4) is 22.8 Å². The summed E-state index contributed by atoms with van der Waals surface area (Å²) in [6.07, 6.45) is 2.30. The first-order chi connectivity index (χ1) is 29.1. The Labute approximate surface area is 350 Å². The molecule has 4 amide bonds. The zero-order valence-electron chi connectivity index (χ0n) is 34.2. The van der Waals surface area contributed by atoms with Crippen LogP contribution < -0.4 is 36.0 Å². The largest absolute Gasteiger partial charge is 0.371 e. The number of piperazine rings is 2. The first-order valence-corrected chi connectivity index (χ1v) is 20.8. The van der Waals surface area contributed by atoms with Gasteiger partial charge in [-0.1, -0.05) is 0 Å². The van der Waals surface area contributed by atoms with Gasteiger partial charge in [0, 0.05) is 87.9 Å². The van der Waals surface area contributed by atoms with Crippen LogP contribution in [0.2, 0.25) is 0 Å². The molecule has 0 spiro atoms. The second-order valence-electron chi connectivity index (χ2n) is 16.2. The van der Waals surface area contributed by atoms with Crippen LogP contribution in [0.25, 0.3) is 22.8 Å². The van der Waals surface area contributed by atoms with Gasteiger partial charge in [0.1, 0.15) is 0 Å². The zero-order chi connectivity index (χ0) is 41.3. The van der Waals surface area contributed by atoms with Crippen molar-refractivity contribution in [2.45, 2.75) is 25.0 Å². The molecule has 5 heterocycles. The number of likely N-dealkylation sites (N-methyl/N-ethyl adjacent to an activating group) is 2. The number of rotatable bonds is 9. The van der Waals surface area contributed by atoms with Gasteiger partial charge in [0.15, 0.2) is 11.6 Å². The number of fused-ring (bicyclic) bond motifs is 2. The summed E-state index contributed by atoms with van der Waals surface area (Å²) in [5.74, 6) is 1.55. The van der Waals surface area contributed by atoms with Crippen LogP contribution in [0, 0.1) is 0 Å². The highest BCUT2D eigenvalue weighted by Gasteiger charge is 2.35. The molecule has 1 aromatic heterocycles. The number of benzene rings is 4. The van der Waals surface area contributed by atoms with E-state index in [2.05, 4.69) is 38.6 Å². The normalized spacial score (nSPS) is 19.7. The number of urea groups is 2. The Bertz CT molecular complexity index is 2140. The topological polar surface area (TPSA) is 157 Å². The maximum atomic E-state index is 12.9. The number of amides is 4. The van der Waals surface area contributed by atoms with Gasteiger partial charge >= 0.3 is 12.1 Å². The molecule has 15 nitrogen and oxygen atoms in total. The number of primary amides is 2. The van der Waals surface area contributed by atoms with Crippen molar-refractivity contribution in [1.82, 2.24) is 24.8 Å². The fourth-order valence-electron chi connectivity index (χ4n) is 8.62. The van der Waals surface area contributed by atoms with Crippen LogP contribution >= 0.6 is 0 Å². The fraction of sp³-hybridized carbons (Fsp3) is 0.356. The lowest BCUT2D eigenvalue weighted by atomic mass is 10.1. The summed E-state index contributed by atoms with van der Waals surface area (Å²) in [7, 11) is 4.27. The van der Waals surface area contributed by atoms with Crippen LogP contribution in [0.5, 0.6) is 0 Å². The van der Waals surface area contributed by atoms with Crippen LogP contribution in [0.4, 0.5) is 49.7 Å². The van der Waals surface area contributed by atoms with E-state index in [0.29, 0.717) is 53.4 Å². The lowest BCUT2D eigenvalue weighted by Crippen LogP contribution is -2.44. The molecule has 0 radical (unpaired) electrons. The van der Waals surface area contributed by atoms with E-state index in [-0.39, 0.29) is 12.2 Å². The number of carbonyl (C=O) groups excluding carboxylic acids is 2. The molecule has 310 valence electrons. The average molecular weight is 809 g/mol. The number of aromatic nitrogens is 3. The maximum Gasteiger partial charge on any atom is 0.323 e. The van der Waals surface area contributed by atoms with Gasteiger partial charge in [-0.15, -0.1) is 0 Å². The van der Waals surface area contributed by atoms with Gasteiger partial charge in [-0.05, 0) is 124 Å². The van der Waals surface area contributed by atoms with Crippen LogP contribution in [0.1, 0.15) is 12.8 Å². The number of morpholine rings is 1. The third-order valence-corrected chi connectivity index (χ3v) is 12.1. The second-order valence-corrected chi connectivity index (χ2v) is 16.2. The van der Waals surface area contributed by atoms with Crippen molar-refractivity contribution in [2.24, 2.45) is 11.5 Å². The van der Waals surface area contributed by atoms with Crippen molar-refractivity contribution in [1.29, 1.82) is 0 Å². The highest BCUT2D eigenvalue weighted by Crippen LogP contribution is 2.34. The zero-order valence-corrected chi connectivity index (χ0v) is 34.2. The van der Waals surface area contributed by atoms with E-state index in [9.17, 15) is 9.59 Å². The Morgan fingerprint density at radius 1 is 0.517 bits per heavy atom. The molecular formula is C45H52N12O3. The number of anilines is 7. The predicted molar refractivity (Wildman–Crippen MR) is 237 cm³/mol. The second kappa shape index (κ2) is 16.8. The molecule has 9 rings (SSSR count). The van der Waals surface area contributed by atoms with Gasteiger partial charge in [-0.3, -0.25) is 9.80 Å². The Morgan fingerprint density at radius 3 is 1.22 bits per heavy atom. The molecule has 5 aromatic rings. The maximum absolute atomic E-state index is 12.9. The van der Waals surface area contributed by atoms with Crippen molar-refractivity contribution in [2.75, 3.05) is 104 Å². The van der Waals surface area contributed by atoms with Gasteiger partial charge in [0.2, 0.25) is 5.95 Å². The minimum Gasteiger partial charge on any atom is -0.371 e. The van der Waals surface area contributed by atoms with Gasteiger partial charge < -0.3 is 40.7 Å². The van der Waals surface area contributed by atoms with E-state index >= 15 is 0 Å². The van der Waals surface area contributed by atoms with Crippen molar-refractivity contribution in [3.63, 3.8) is 0 Å². The van der Waals surface area contributed by atoms with Crippen molar-refractivity contribution in [3.05, 3.63) is 97.1 Å². The molecule has 2 bridgehead atoms. The van der Waals surface area contributed by atoms with E-state index in [4.69, 9.17) is 31.2 Å². The molecule has 4 aromatic carbocycles. The molecule has 60 heavy (non-hydrogen) atoms. The summed E-state index contributed by atoms with van der Waals surface area (Å²) in [4.78, 5) is 55.2. The third-order valence-electron chi connectivity index (χ3n) is 12.1. The number of nitrogens with two attached hydrogens (primary N) is 2. The van der Waals surface area contributed by atoms with Gasteiger partial charge in [0.05, 0.1) is 35.0 Å². The molecule has 4 aliphatic heterocycles. The van der Waals surface area contributed by atoms with Crippen LogP contribution in [0.15, 0.2) is 97.1 Å². The van der Waals surface area contributed by atoms with E-state index < -0.39 is 12.1 Å². The summed E-state index contributed by atoms with van der Waals surface area (Å²) < 4.78 is 6.14. The molecule has 2 atom stereocenters. The SMILES string of the molecule is CN1CCN(c2ccc(N(C(N)=O)c3ccc(-c4nc(-c5ccc(N(C(N)=O)c6ccc(N7CCN(C)CC7)cc6)cc5)nc(N5CC6CCC(C5)O6)n4)cc3)cc2)CC1. The molecule has 4 fully saturated rings. The molecule has 0 saturated carbocycles. The first kappa shape index (κ1) is 39.2. The van der Waals surface area contributed by atoms with Crippen LogP contribution in [-0.4, -0.2) is 129 Å². The van der Waals surface area contributed by atoms with E-state index in [1.807, 2.05) is 97.1 Å². The number of carbonyl (C=O) groups is 2. The summed E-state index contributed by atoms with van der Waals surface area (Å²) in [6, 6.07) is 29.8. The van der Waals surface area contributed by atoms with Crippen LogP contribution in [0.3, 0.4) is 0 Å². The van der Waals surface area contributed by atoms with E-state index in [1.165, 1.54) is 9.80 Å². The van der Waals surface area contributed by atoms with Gasteiger partial charge in [-0.2, -0.15) is 9.97 Å². The third kappa shape index (κ3) is 8.28. The Balaban J connectivity index is 0.985. The molecule has 4 aliphatic rings. The highest BCUT2D eigenvalue weighted by molar-refractivity contribution is 5.99. The molecule has 15 heteroatoms. The molecule has 0 aliphatic carbocycles.